The number of rotatable bonds is 19. The summed E-state index contributed by atoms with van der Waals surface area (Å²) in [5.41, 5.74) is 4.88. The predicted molar refractivity (Wildman–Crippen MR) is 201 cm³/mol. The number of azo groups is 2. The molecule has 3 aromatic heterocycles. The van der Waals surface area contributed by atoms with E-state index in [-0.39, 0.29) is 37.2 Å². The highest BCUT2D eigenvalue weighted by Gasteiger charge is 2.10. The molecule has 0 aliphatic rings. The van der Waals surface area contributed by atoms with E-state index in [4.69, 9.17) is 0 Å². The third-order valence-corrected chi connectivity index (χ3v) is 8.65. The van der Waals surface area contributed by atoms with Gasteiger partial charge in [0.15, 0.2) is 12.4 Å². The molecule has 3 heterocycles. The van der Waals surface area contributed by atoms with E-state index in [2.05, 4.69) is 114 Å². The highest BCUT2D eigenvalue weighted by atomic mass is 35.5. The van der Waals surface area contributed by atoms with Gasteiger partial charge in [-0.15, -0.1) is 12.4 Å². The average molecular weight is 770 g/mol. The molecule has 0 aliphatic heterocycles. The number of benzene rings is 2. The molecule has 11 nitrogen and oxygen atoms in total. The molecule has 5 aromatic rings. The van der Waals surface area contributed by atoms with Gasteiger partial charge < -0.3 is 35.0 Å². The van der Waals surface area contributed by atoms with E-state index in [0.717, 1.165) is 74.4 Å². The molecule has 0 saturated carbocycles. The SMILES string of the molecule is CCN(CC)c1ccc(N=Nc2cc[n+](CCCCCCn3cc[n+](CCCNc4ccc(N=Nc5n(C)cc[n+]5C)cc4)c3)cc2)cc1.Cl.[Cl-].[Cl-]. The lowest BCUT2D eigenvalue weighted by molar-refractivity contribution is -0.697. The van der Waals surface area contributed by atoms with Crippen molar-refractivity contribution >= 4 is 46.8 Å². The summed E-state index contributed by atoms with van der Waals surface area (Å²) in [5, 5.41) is 21.1. The molecule has 0 fully saturated rings. The van der Waals surface area contributed by atoms with Gasteiger partial charge in [0.05, 0.1) is 51.0 Å². The van der Waals surface area contributed by atoms with Gasteiger partial charge in [0, 0.05) is 61.1 Å². The maximum atomic E-state index is 4.42. The second kappa shape index (κ2) is 23.3. The van der Waals surface area contributed by atoms with E-state index in [1.165, 1.54) is 31.4 Å². The lowest BCUT2D eigenvalue weighted by Crippen LogP contribution is -3.00. The topological polar surface area (TPSA) is 86.2 Å². The van der Waals surface area contributed by atoms with Crippen LogP contribution in [0.25, 0.3) is 0 Å². The van der Waals surface area contributed by atoms with E-state index in [0.29, 0.717) is 0 Å². The second-order valence-corrected chi connectivity index (χ2v) is 12.3. The minimum atomic E-state index is 0. The van der Waals surface area contributed by atoms with Gasteiger partial charge in [0.2, 0.25) is 6.33 Å². The Hall–Kier alpha value is -4.32. The van der Waals surface area contributed by atoms with Crippen LogP contribution in [0.4, 0.5) is 34.4 Å². The Labute approximate surface area is 327 Å². The average Bonchev–Trinajstić information content (AvgIpc) is 3.72. The number of pyridine rings is 1. The molecule has 0 spiro atoms. The zero-order valence-corrected chi connectivity index (χ0v) is 33.1. The Morgan fingerprint density at radius 3 is 1.88 bits per heavy atom. The minimum Gasteiger partial charge on any atom is -1.00 e. The van der Waals surface area contributed by atoms with Gasteiger partial charge in [-0.3, -0.25) is 0 Å². The van der Waals surface area contributed by atoms with Gasteiger partial charge in [-0.05, 0) is 81.6 Å². The van der Waals surface area contributed by atoms with Crippen molar-refractivity contribution in [2.45, 2.75) is 65.6 Å². The van der Waals surface area contributed by atoms with E-state index in [9.17, 15) is 0 Å². The number of aryl methyl sites for hydroxylation is 5. The van der Waals surface area contributed by atoms with Gasteiger partial charge in [-0.1, -0.05) is 5.11 Å². The Bertz CT molecular complexity index is 1740. The quantitative estimate of drug-likeness (QED) is 0.0794. The first-order chi connectivity index (χ1) is 24.0. The van der Waals surface area contributed by atoms with Crippen molar-refractivity contribution < 1.29 is 38.5 Å². The molecule has 0 aliphatic carbocycles. The van der Waals surface area contributed by atoms with Crippen molar-refractivity contribution in [3.63, 3.8) is 0 Å². The summed E-state index contributed by atoms with van der Waals surface area (Å²) in [7, 11) is 3.92. The number of aromatic nitrogens is 5. The molecule has 2 aromatic carbocycles. The molecule has 5 rings (SSSR count). The van der Waals surface area contributed by atoms with Crippen LogP contribution in [-0.4, -0.2) is 28.8 Å². The fraction of sp³-hybridized carbons (Fsp3) is 0.395. The summed E-state index contributed by atoms with van der Waals surface area (Å²) < 4.78 is 10.7. The number of hydrogen-bond acceptors (Lipinski definition) is 6. The number of nitrogens with one attached hydrogen (secondary N) is 1. The Balaban J connectivity index is 0.00000312. The van der Waals surface area contributed by atoms with Crippen LogP contribution >= 0.6 is 12.4 Å². The van der Waals surface area contributed by atoms with Crippen LogP contribution in [0.5, 0.6) is 0 Å². The highest BCUT2D eigenvalue weighted by Crippen LogP contribution is 2.22. The van der Waals surface area contributed by atoms with Crippen molar-refractivity contribution in [3.8, 4) is 0 Å². The summed E-state index contributed by atoms with van der Waals surface area (Å²) in [5.74, 6) is 0.801. The first kappa shape index (κ1) is 43.8. The number of nitrogens with zero attached hydrogens (tertiary/aromatic N) is 10. The molecule has 0 amide bonds. The fourth-order valence-corrected chi connectivity index (χ4v) is 5.71. The largest absolute Gasteiger partial charge is 1.00 e. The molecule has 0 saturated heterocycles. The van der Waals surface area contributed by atoms with Crippen molar-refractivity contribution in [1.29, 1.82) is 0 Å². The summed E-state index contributed by atoms with van der Waals surface area (Å²) >= 11 is 0. The summed E-state index contributed by atoms with van der Waals surface area (Å²) in [6, 6.07) is 20.4. The van der Waals surface area contributed by atoms with E-state index >= 15 is 0 Å². The van der Waals surface area contributed by atoms with Crippen molar-refractivity contribution in [2.24, 2.45) is 34.6 Å². The molecular formula is C38H53Cl3N11+. The van der Waals surface area contributed by atoms with E-state index in [1.54, 1.807) is 0 Å². The monoisotopic (exact) mass is 768 g/mol. The summed E-state index contributed by atoms with van der Waals surface area (Å²) in [4.78, 5) is 2.32. The molecule has 52 heavy (non-hydrogen) atoms. The van der Waals surface area contributed by atoms with Gasteiger partial charge in [0.1, 0.15) is 24.6 Å². The van der Waals surface area contributed by atoms with Crippen LogP contribution in [0.1, 0.15) is 46.0 Å². The summed E-state index contributed by atoms with van der Waals surface area (Å²) in [6.45, 7) is 10.3. The Morgan fingerprint density at radius 1 is 0.654 bits per heavy atom. The predicted octanol–water partition coefficient (Wildman–Crippen LogP) is 2.10. The number of hydrogen-bond donors (Lipinski definition) is 1. The van der Waals surface area contributed by atoms with Crippen molar-refractivity contribution in [1.82, 2.24) is 9.13 Å². The lowest BCUT2D eigenvalue weighted by Gasteiger charge is -2.20. The third-order valence-electron chi connectivity index (χ3n) is 8.65. The van der Waals surface area contributed by atoms with E-state index < -0.39 is 0 Å². The molecule has 0 atom stereocenters. The van der Waals surface area contributed by atoms with Crippen LogP contribution in [0, 0.1) is 0 Å². The molecule has 0 bridgehead atoms. The molecular weight excluding hydrogens is 717 g/mol. The molecule has 0 unspecified atom stereocenters. The van der Waals surface area contributed by atoms with Gasteiger partial charge in [-0.2, -0.15) is 10.2 Å². The Kier molecular flexibility index (Phi) is 19.6. The number of anilines is 2. The molecule has 1 N–H and O–H groups in total. The molecule has 14 heteroatoms. The minimum absolute atomic E-state index is 0. The first-order valence-corrected chi connectivity index (χ1v) is 17.6. The van der Waals surface area contributed by atoms with Crippen molar-refractivity contribution in [2.75, 3.05) is 29.9 Å². The number of imidazole rings is 2. The van der Waals surface area contributed by atoms with Crippen molar-refractivity contribution in [3.05, 3.63) is 104 Å². The first-order valence-electron chi connectivity index (χ1n) is 17.6. The van der Waals surface area contributed by atoms with Crippen LogP contribution in [0.3, 0.4) is 0 Å². The smallest absolute Gasteiger partial charge is 0.421 e. The van der Waals surface area contributed by atoms with Gasteiger partial charge in [-0.25, -0.2) is 22.8 Å². The van der Waals surface area contributed by atoms with E-state index in [1.807, 2.05) is 72.0 Å². The number of unbranched alkanes of at least 4 members (excludes halogenated alkanes) is 3. The second-order valence-electron chi connectivity index (χ2n) is 12.3. The van der Waals surface area contributed by atoms with Gasteiger partial charge >= 0.3 is 5.95 Å². The lowest BCUT2D eigenvalue weighted by atomic mass is 10.2. The van der Waals surface area contributed by atoms with Crippen LogP contribution in [0.15, 0.2) is 125 Å². The maximum absolute atomic E-state index is 4.42. The molecule has 0 radical (unpaired) electrons. The van der Waals surface area contributed by atoms with Crippen LogP contribution < -0.4 is 48.7 Å². The molecule has 280 valence electrons. The summed E-state index contributed by atoms with van der Waals surface area (Å²) in [6.07, 6.45) is 20.6. The standard InChI is InChI=1S/C38H51N11.3ClH/c1-5-49(6-2)37-18-16-35(17-19-37)40-41-36-20-26-46(27-21-36)23-9-7-8-10-24-47-30-31-48(32-47)25-11-22-39-33-12-14-34(15-13-33)42-43-38-44(3)28-29-45(38)4;;;/h12-21,26-32H,5-11,22-25H2,1-4H3;3*1H/q+2;;;/p-1. The zero-order chi connectivity index (χ0) is 34.3. The third kappa shape index (κ3) is 13.7. The normalized spacial score (nSPS) is 10.9. The Morgan fingerprint density at radius 2 is 1.25 bits per heavy atom. The fourth-order valence-electron chi connectivity index (χ4n) is 5.71. The maximum Gasteiger partial charge on any atom is 0.421 e. The van der Waals surface area contributed by atoms with Crippen LogP contribution in [0.2, 0.25) is 0 Å². The highest BCUT2D eigenvalue weighted by molar-refractivity contribution is 5.85. The van der Waals surface area contributed by atoms with Gasteiger partial charge in [0.25, 0.3) is 0 Å². The van der Waals surface area contributed by atoms with Crippen LogP contribution in [-0.2, 0) is 33.7 Å². The zero-order valence-electron chi connectivity index (χ0n) is 30.7. The number of halogens is 3.